The molecule has 0 bridgehead atoms. The molecule has 6 heteroatoms. The number of hydrogen-bond acceptors (Lipinski definition) is 4. The molecule has 0 spiro atoms. The number of amides is 1. The first kappa shape index (κ1) is 13.8. The fourth-order valence-corrected chi connectivity index (χ4v) is 2.87. The number of rotatable bonds is 3. The molecule has 0 aromatic carbocycles. The molecule has 110 valence electrons. The summed E-state index contributed by atoms with van der Waals surface area (Å²) in [4.78, 5) is 18.7. The van der Waals surface area contributed by atoms with E-state index in [2.05, 4.69) is 10.1 Å². The van der Waals surface area contributed by atoms with Crippen molar-refractivity contribution in [2.24, 2.45) is 12.8 Å². The lowest BCUT2D eigenvalue weighted by molar-refractivity contribution is -0.133. The van der Waals surface area contributed by atoms with Gasteiger partial charge in [0.15, 0.2) is 0 Å². The van der Waals surface area contributed by atoms with Gasteiger partial charge in [0.25, 0.3) is 0 Å². The molecule has 3 heterocycles. The van der Waals surface area contributed by atoms with Crippen LogP contribution < -0.4 is 5.73 Å². The molecule has 1 fully saturated rings. The number of aromatic nitrogens is 3. The Bertz CT molecular complexity index is 624. The van der Waals surface area contributed by atoms with Crippen LogP contribution in [0.1, 0.15) is 36.1 Å². The first-order chi connectivity index (χ1) is 10.2. The summed E-state index contributed by atoms with van der Waals surface area (Å²) in [5.74, 6) is -0.0469. The SMILES string of the molecule is Cn1cc(C(N)C(=O)N2CCCC2c2cccnc2)cn1. The van der Waals surface area contributed by atoms with Gasteiger partial charge in [0.1, 0.15) is 6.04 Å². The van der Waals surface area contributed by atoms with Crippen LogP contribution in [-0.4, -0.2) is 32.1 Å². The standard InChI is InChI=1S/C15H19N5O/c1-19-10-12(9-18-19)14(16)15(21)20-7-3-5-13(20)11-4-2-6-17-8-11/h2,4,6,8-10,13-14H,3,5,7,16H2,1H3. The van der Waals surface area contributed by atoms with Crippen LogP contribution >= 0.6 is 0 Å². The second-order valence-corrected chi connectivity index (χ2v) is 5.40. The predicted octanol–water partition coefficient (Wildman–Crippen LogP) is 1.18. The summed E-state index contributed by atoms with van der Waals surface area (Å²) in [6, 6.07) is 3.33. The monoisotopic (exact) mass is 285 g/mol. The molecule has 2 N–H and O–H groups in total. The van der Waals surface area contributed by atoms with Gasteiger partial charge >= 0.3 is 0 Å². The minimum absolute atomic E-state index is 0.0469. The van der Waals surface area contributed by atoms with E-state index in [9.17, 15) is 4.79 Å². The van der Waals surface area contributed by atoms with E-state index in [4.69, 9.17) is 5.73 Å². The van der Waals surface area contributed by atoms with Gasteiger partial charge in [-0.1, -0.05) is 6.07 Å². The minimum Gasteiger partial charge on any atom is -0.334 e. The van der Waals surface area contributed by atoms with E-state index in [1.165, 1.54) is 0 Å². The molecule has 1 amide bonds. The fraction of sp³-hybridized carbons (Fsp3) is 0.400. The average molecular weight is 285 g/mol. The van der Waals surface area contributed by atoms with E-state index < -0.39 is 6.04 Å². The lowest BCUT2D eigenvalue weighted by Gasteiger charge is -2.27. The van der Waals surface area contributed by atoms with E-state index in [0.29, 0.717) is 0 Å². The lowest BCUT2D eigenvalue weighted by atomic mass is 10.1. The van der Waals surface area contributed by atoms with Gasteiger partial charge in [-0.3, -0.25) is 14.5 Å². The predicted molar refractivity (Wildman–Crippen MR) is 78.1 cm³/mol. The van der Waals surface area contributed by atoms with Crippen molar-refractivity contribution in [1.82, 2.24) is 19.7 Å². The first-order valence-corrected chi connectivity index (χ1v) is 7.11. The van der Waals surface area contributed by atoms with E-state index >= 15 is 0 Å². The Labute approximate surface area is 123 Å². The second-order valence-electron chi connectivity index (χ2n) is 5.40. The third-order valence-corrected chi connectivity index (χ3v) is 3.96. The number of aryl methyl sites for hydroxylation is 1. The van der Waals surface area contributed by atoms with Crippen molar-refractivity contribution in [2.45, 2.75) is 24.9 Å². The van der Waals surface area contributed by atoms with Crippen molar-refractivity contribution in [3.63, 3.8) is 0 Å². The highest BCUT2D eigenvalue weighted by Crippen LogP contribution is 2.33. The van der Waals surface area contributed by atoms with Crippen LogP contribution in [0.5, 0.6) is 0 Å². The molecule has 0 radical (unpaired) electrons. The molecule has 0 saturated carbocycles. The van der Waals surface area contributed by atoms with Gasteiger partial charge < -0.3 is 10.6 Å². The molecular weight excluding hydrogens is 266 g/mol. The van der Waals surface area contributed by atoms with Crippen molar-refractivity contribution in [3.8, 4) is 0 Å². The summed E-state index contributed by atoms with van der Waals surface area (Å²) in [7, 11) is 1.81. The summed E-state index contributed by atoms with van der Waals surface area (Å²) >= 11 is 0. The van der Waals surface area contributed by atoms with Crippen LogP contribution in [0.3, 0.4) is 0 Å². The Morgan fingerprint density at radius 3 is 3.00 bits per heavy atom. The highest BCUT2D eigenvalue weighted by molar-refractivity contribution is 5.83. The van der Waals surface area contributed by atoms with Gasteiger partial charge in [-0.2, -0.15) is 5.10 Å². The third kappa shape index (κ3) is 2.67. The number of nitrogens with zero attached hydrogens (tertiary/aromatic N) is 4. The molecule has 2 atom stereocenters. The zero-order valence-corrected chi connectivity index (χ0v) is 12.0. The van der Waals surface area contributed by atoms with E-state index in [1.807, 2.05) is 30.3 Å². The fourth-order valence-electron chi connectivity index (χ4n) is 2.87. The molecule has 2 aromatic rings. The van der Waals surface area contributed by atoms with Crippen LogP contribution in [0, 0.1) is 0 Å². The van der Waals surface area contributed by atoms with Crippen LogP contribution in [0.25, 0.3) is 0 Å². The highest BCUT2D eigenvalue weighted by atomic mass is 16.2. The summed E-state index contributed by atoms with van der Waals surface area (Å²) in [5.41, 5.74) is 7.93. The van der Waals surface area contributed by atoms with Gasteiger partial charge in [-0.05, 0) is 24.5 Å². The van der Waals surface area contributed by atoms with Gasteiger partial charge in [-0.25, -0.2) is 0 Å². The Kier molecular flexibility index (Phi) is 3.70. The largest absolute Gasteiger partial charge is 0.334 e. The molecule has 21 heavy (non-hydrogen) atoms. The van der Waals surface area contributed by atoms with E-state index in [1.54, 1.807) is 23.3 Å². The maximum absolute atomic E-state index is 12.7. The molecule has 0 aliphatic carbocycles. The number of carbonyl (C=O) groups excluding carboxylic acids is 1. The van der Waals surface area contributed by atoms with E-state index in [0.717, 1.165) is 30.5 Å². The average Bonchev–Trinajstić information content (AvgIpc) is 3.15. The molecule has 3 rings (SSSR count). The van der Waals surface area contributed by atoms with Gasteiger partial charge in [0.2, 0.25) is 5.91 Å². The van der Waals surface area contributed by atoms with Crippen molar-refractivity contribution in [1.29, 1.82) is 0 Å². The maximum atomic E-state index is 12.7. The number of likely N-dealkylation sites (tertiary alicyclic amines) is 1. The van der Waals surface area contributed by atoms with Crippen LogP contribution in [-0.2, 0) is 11.8 Å². The molecule has 1 saturated heterocycles. The molecule has 2 aromatic heterocycles. The smallest absolute Gasteiger partial charge is 0.244 e. The normalized spacial score (nSPS) is 19.7. The van der Waals surface area contributed by atoms with Gasteiger partial charge in [-0.15, -0.1) is 0 Å². The summed E-state index contributed by atoms with van der Waals surface area (Å²) < 4.78 is 1.66. The molecule has 1 aliphatic rings. The quantitative estimate of drug-likeness (QED) is 0.918. The zero-order valence-electron chi connectivity index (χ0n) is 12.0. The summed E-state index contributed by atoms with van der Waals surface area (Å²) in [6.07, 6.45) is 8.95. The molecule has 1 aliphatic heterocycles. The first-order valence-electron chi connectivity index (χ1n) is 7.11. The Morgan fingerprint density at radius 1 is 1.48 bits per heavy atom. The van der Waals surface area contributed by atoms with Crippen molar-refractivity contribution < 1.29 is 4.79 Å². The molecular formula is C15H19N5O. The topological polar surface area (TPSA) is 77.0 Å². The second kappa shape index (κ2) is 5.65. The number of nitrogens with two attached hydrogens (primary N) is 1. The van der Waals surface area contributed by atoms with Crippen LogP contribution in [0.2, 0.25) is 0 Å². The summed E-state index contributed by atoms with van der Waals surface area (Å²) in [5, 5.41) is 4.08. The van der Waals surface area contributed by atoms with Crippen LogP contribution in [0.15, 0.2) is 36.9 Å². The minimum atomic E-state index is -0.657. The van der Waals surface area contributed by atoms with Gasteiger partial charge in [0.05, 0.1) is 12.2 Å². The number of carbonyl (C=O) groups is 1. The van der Waals surface area contributed by atoms with E-state index in [-0.39, 0.29) is 11.9 Å². The highest BCUT2D eigenvalue weighted by Gasteiger charge is 2.33. The van der Waals surface area contributed by atoms with Gasteiger partial charge in [0, 0.05) is 37.7 Å². The Morgan fingerprint density at radius 2 is 2.33 bits per heavy atom. The lowest BCUT2D eigenvalue weighted by Crippen LogP contribution is -2.38. The van der Waals surface area contributed by atoms with Crippen molar-refractivity contribution >= 4 is 5.91 Å². The van der Waals surface area contributed by atoms with Crippen molar-refractivity contribution in [3.05, 3.63) is 48.0 Å². The summed E-state index contributed by atoms with van der Waals surface area (Å²) in [6.45, 7) is 0.742. The Hall–Kier alpha value is -2.21. The number of hydrogen-bond donors (Lipinski definition) is 1. The van der Waals surface area contributed by atoms with Crippen LogP contribution in [0.4, 0.5) is 0 Å². The van der Waals surface area contributed by atoms with Crippen molar-refractivity contribution in [2.75, 3.05) is 6.54 Å². The molecule has 6 nitrogen and oxygen atoms in total. The maximum Gasteiger partial charge on any atom is 0.244 e. The third-order valence-electron chi connectivity index (χ3n) is 3.96. The zero-order chi connectivity index (χ0) is 14.8. The molecule has 2 unspecified atom stereocenters. The number of pyridine rings is 1. The Balaban J connectivity index is 1.80.